The van der Waals surface area contributed by atoms with Crippen LogP contribution in [-0.2, 0) is 4.74 Å². The number of hydrogen-bond acceptors (Lipinski definition) is 3. The number of rotatable bonds is 5. The molecule has 0 aliphatic heterocycles. The van der Waals surface area contributed by atoms with Gasteiger partial charge in [-0.2, -0.15) is 0 Å². The lowest BCUT2D eigenvalue weighted by atomic mass is 9.86. The van der Waals surface area contributed by atoms with Gasteiger partial charge in [-0.3, -0.25) is 0 Å². The molecule has 98 valence electrons. The van der Waals surface area contributed by atoms with Gasteiger partial charge in [0.25, 0.3) is 0 Å². The highest BCUT2D eigenvalue weighted by Gasteiger charge is 2.36. The fraction of sp³-hybridized carbons (Fsp3) is 0.467. The van der Waals surface area contributed by atoms with Crippen LogP contribution in [0, 0.1) is 0 Å². The SMILES string of the molecule is CCC(CC)(OC)C(O)c1cccc2ccsc12. The van der Waals surface area contributed by atoms with E-state index >= 15 is 0 Å². The van der Waals surface area contributed by atoms with Gasteiger partial charge in [0.05, 0.1) is 5.60 Å². The molecule has 1 unspecified atom stereocenters. The van der Waals surface area contributed by atoms with Gasteiger partial charge in [0.15, 0.2) is 0 Å². The van der Waals surface area contributed by atoms with E-state index in [1.165, 1.54) is 5.39 Å². The monoisotopic (exact) mass is 264 g/mol. The molecule has 0 bridgehead atoms. The van der Waals surface area contributed by atoms with Crippen LogP contribution in [0.25, 0.3) is 10.1 Å². The van der Waals surface area contributed by atoms with Crippen LogP contribution in [0.2, 0.25) is 0 Å². The molecule has 0 aliphatic carbocycles. The van der Waals surface area contributed by atoms with Gasteiger partial charge in [0.2, 0.25) is 0 Å². The Balaban J connectivity index is 2.50. The summed E-state index contributed by atoms with van der Waals surface area (Å²) in [6, 6.07) is 8.17. The first-order chi connectivity index (χ1) is 8.68. The molecule has 0 saturated carbocycles. The largest absolute Gasteiger partial charge is 0.385 e. The quantitative estimate of drug-likeness (QED) is 0.879. The molecule has 0 amide bonds. The molecular formula is C15H20O2S. The van der Waals surface area contributed by atoms with Gasteiger partial charge in [-0.1, -0.05) is 32.0 Å². The van der Waals surface area contributed by atoms with Crippen molar-refractivity contribution < 1.29 is 9.84 Å². The van der Waals surface area contributed by atoms with Gasteiger partial charge in [-0.15, -0.1) is 11.3 Å². The van der Waals surface area contributed by atoms with Gasteiger partial charge >= 0.3 is 0 Å². The Labute approximate surface area is 112 Å². The van der Waals surface area contributed by atoms with Crippen molar-refractivity contribution in [1.82, 2.24) is 0 Å². The Bertz CT molecular complexity index is 506. The molecule has 2 aromatic rings. The van der Waals surface area contributed by atoms with E-state index in [2.05, 4.69) is 31.4 Å². The molecule has 1 N–H and O–H groups in total. The standard InChI is InChI=1S/C15H20O2S/c1-4-15(5-2,17-3)14(16)12-8-6-7-11-9-10-18-13(11)12/h6-10,14,16H,4-5H2,1-3H3. The van der Waals surface area contributed by atoms with Crippen molar-refractivity contribution in [3.05, 3.63) is 35.2 Å². The topological polar surface area (TPSA) is 29.5 Å². The fourth-order valence-corrected chi connectivity index (χ4v) is 3.49. The van der Waals surface area contributed by atoms with Gasteiger partial charge in [-0.05, 0) is 29.7 Å². The number of hydrogen-bond donors (Lipinski definition) is 1. The number of benzene rings is 1. The van der Waals surface area contributed by atoms with Crippen molar-refractivity contribution in [2.45, 2.75) is 38.4 Å². The summed E-state index contributed by atoms with van der Waals surface area (Å²) in [5.41, 5.74) is 0.492. The third kappa shape index (κ3) is 2.07. The number of methoxy groups -OCH3 is 1. The Morgan fingerprint density at radius 1 is 1.28 bits per heavy atom. The number of thiophene rings is 1. The molecule has 18 heavy (non-hydrogen) atoms. The average molecular weight is 264 g/mol. The Morgan fingerprint density at radius 3 is 2.61 bits per heavy atom. The van der Waals surface area contributed by atoms with Crippen molar-refractivity contribution in [2.75, 3.05) is 7.11 Å². The highest BCUT2D eigenvalue weighted by atomic mass is 32.1. The summed E-state index contributed by atoms with van der Waals surface area (Å²) >= 11 is 1.67. The molecule has 1 atom stereocenters. The van der Waals surface area contributed by atoms with E-state index in [1.54, 1.807) is 18.4 Å². The van der Waals surface area contributed by atoms with E-state index < -0.39 is 11.7 Å². The summed E-state index contributed by atoms with van der Waals surface area (Å²) < 4.78 is 6.79. The summed E-state index contributed by atoms with van der Waals surface area (Å²) in [4.78, 5) is 0. The van der Waals surface area contributed by atoms with E-state index in [0.717, 1.165) is 23.1 Å². The van der Waals surface area contributed by atoms with E-state index in [0.29, 0.717) is 0 Å². The molecule has 0 radical (unpaired) electrons. The maximum atomic E-state index is 10.7. The summed E-state index contributed by atoms with van der Waals surface area (Å²) in [6.45, 7) is 4.12. The molecule has 0 aliphatic rings. The van der Waals surface area contributed by atoms with Crippen LogP contribution < -0.4 is 0 Å². The fourth-order valence-electron chi connectivity index (χ4n) is 2.55. The zero-order chi connectivity index (χ0) is 13.2. The van der Waals surface area contributed by atoms with Crippen molar-refractivity contribution in [1.29, 1.82) is 0 Å². The highest BCUT2D eigenvalue weighted by molar-refractivity contribution is 7.17. The summed E-state index contributed by atoms with van der Waals surface area (Å²) in [7, 11) is 1.69. The molecule has 0 saturated heterocycles. The zero-order valence-corrected chi connectivity index (χ0v) is 12.0. The van der Waals surface area contributed by atoms with E-state index in [1.807, 2.05) is 12.1 Å². The minimum absolute atomic E-state index is 0.488. The van der Waals surface area contributed by atoms with Crippen LogP contribution in [0.1, 0.15) is 38.4 Å². The van der Waals surface area contributed by atoms with Gasteiger partial charge < -0.3 is 9.84 Å². The molecule has 3 heteroatoms. The number of aliphatic hydroxyl groups excluding tert-OH is 1. The Kier molecular flexibility index (Phi) is 4.05. The molecule has 1 heterocycles. The van der Waals surface area contributed by atoms with Crippen molar-refractivity contribution in [2.24, 2.45) is 0 Å². The number of fused-ring (bicyclic) bond motifs is 1. The second-order valence-corrected chi connectivity index (χ2v) is 5.48. The van der Waals surface area contributed by atoms with Crippen LogP contribution in [0.5, 0.6) is 0 Å². The van der Waals surface area contributed by atoms with Crippen LogP contribution in [0.15, 0.2) is 29.6 Å². The number of ether oxygens (including phenoxy) is 1. The molecule has 1 aromatic carbocycles. The molecule has 1 aromatic heterocycles. The smallest absolute Gasteiger partial charge is 0.109 e. The zero-order valence-electron chi connectivity index (χ0n) is 11.1. The third-order valence-corrected chi connectivity index (χ3v) is 4.89. The van der Waals surface area contributed by atoms with Gasteiger partial charge in [0, 0.05) is 17.4 Å². The lowest BCUT2D eigenvalue weighted by Crippen LogP contribution is -2.37. The maximum absolute atomic E-state index is 10.7. The Morgan fingerprint density at radius 2 is 2.00 bits per heavy atom. The molecule has 2 nitrogen and oxygen atoms in total. The Hall–Kier alpha value is -0.900. The molecule has 0 fully saturated rings. The first-order valence-electron chi connectivity index (χ1n) is 6.38. The minimum atomic E-state index is -0.583. The normalized spacial score (nSPS) is 14.0. The first-order valence-corrected chi connectivity index (χ1v) is 7.25. The van der Waals surface area contributed by atoms with E-state index in [-0.39, 0.29) is 0 Å². The second kappa shape index (κ2) is 5.39. The predicted octanol–water partition coefficient (Wildman–Crippen LogP) is 4.14. The first kappa shape index (κ1) is 13.5. The number of aliphatic hydroxyl groups is 1. The van der Waals surface area contributed by atoms with Gasteiger partial charge in [-0.25, -0.2) is 0 Å². The highest BCUT2D eigenvalue weighted by Crippen LogP contribution is 2.39. The van der Waals surface area contributed by atoms with Crippen LogP contribution in [-0.4, -0.2) is 17.8 Å². The van der Waals surface area contributed by atoms with E-state index in [9.17, 15) is 5.11 Å². The molecular weight excluding hydrogens is 244 g/mol. The van der Waals surface area contributed by atoms with Crippen molar-refractivity contribution in [3.63, 3.8) is 0 Å². The molecule has 2 rings (SSSR count). The van der Waals surface area contributed by atoms with Crippen LogP contribution in [0.4, 0.5) is 0 Å². The second-order valence-electron chi connectivity index (χ2n) is 4.56. The lowest BCUT2D eigenvalue weighted by Gasteiger charge is -2.35. The van der Waals surface area contributed by atoms with Crippen molar-refractivity contribution in [3.8, 4) is 0 Å². The summed E-state index contributed by atoms with van der Waals surface area (Å²) in [5, 5.41) is 14.0. The van der Waals surface area contributed by atoms with Crippen LogP contribution in [0.3, 0.4) is 0 Å². The third-order valence-electron chi connectivity index (χ3n) is 3.91. The molecule has 0 spiro atoms. The average Bonchev–Trinajstić information content (AvgIpc) is 2.89. The predicted molar refractivity (Wildman–Crippen MR) is 77.1 cm³/mol. The lowest BCUT2D eigenvalue weighted by molar-refractivity contribution is -0.109. The summed E-state index contributed by atoms with van der Waals surface area (Å²) in [6.07, 6.45) is 1.01. The maximum Gasteiger partial charge on any atom is 0.109 e. The minimum Gasteiger partial charge on any atom is -0.385 e. The van der Waals surface area contributed by atoms with Crippen LogP contribution >= 0.6 is 11.3 Å². The van der Waals surface area contributed by atoms with Gasteiger partial charge in [0.1, 0.15) is 6.10 Å². The van der Waals surface area contributed by atoms with Crippen molar-refractivity contribution >= 4 is 21.4 Å². The summed E-state index contributed by atoms with van der Waals surface area (Å²) in [5.74, 6) is 0. The van der Waals surface area contributed by atoms with E-state index in [4.69, 9.17) is 4.74 Å².